The summed E-state index contributed by atoms with van der Waals surface area (Å²) >= 11 is 0. The van der Waals surface area contributed by atoms with E-state index in [-0.39, 0.29) is 24.5 Å². The Morgan fingerprint density at radius 1 is 1.25 bits per heavy atom. The van der Waals surface area contributed by atoms with Crippen LogP contribution in [0.2, 0.25) is 0 Å². The number of anilines is 1. The van der Waals surface area contributed by atoms with Gasteiger partial charge in [0.15, 0.2) is 0 Å². The average molecular weight is 409 g/mol. The van der Waals surface area contributed by atoms with Gasteiger partial charge in [-0.15, -0.1) is 0 Å². The van der Waals surface area contributed by atoms with Gasteiger partial charge in [-0.25, -0.2) is 22.8 Å². The summed E-state index contributed by atoms with van der Waals surface area (Å²) in [5.74, 6) is -0.634. The number of carbonyl (C=O) groups excluding carboxylic acids is 2. The molecule has 1 heterocycles. The van der Waals surface area contributed by atoms with Gasteiger partial charge in [0, 0.05) is 12.7 Å². The lowest BCUT2D eigenvalue weighted by Crippen LogP contribution is -2.42. The molecular formula is C17H26F3N3O5. The normalized spacial score (nSPS) is 13.7. The highest BCUT2D eigenvalue weighted by Gasteiger charge is 2.24. The molecule has 1 rings (SSSR count). The smallest absolute Gasteiger partial charge is 0.407 e. The van der Waals surface area contributed by atoms with Crippen LogP contribution in [0.4, 0.5) is 23.7 Å². The quantitative estimate of drug-likeness (QED) is 0.514. The summed E-state index contributed by atoms with van der Waals surface area (Å²) in [6.07, 6.45) is -5.36. The Hall–Kier alpha value is -2.43. The Labute approximate surface area is 161 Å². The number of H-pyrrole nitrogens is 1. The van der Waals surface area contributed by atoms with E-state index in [0.717, 1.165) is 0 Å². The molecule has 0 aliphatic rings. The molecule has 2 atom stereocenters. The van der Waals surface area contributed by atoms with Crippen LogP contribution in [0.5, 0.6) is 0 Å². The number of aromatic amines is 1. The third-order valence-corrected chi connectivity index (χ3v) is 3.13. The van der Waals surface area contributed by atoms with E-state index in [1.54, 1.807) is 27.7 Å². The van der Waals surface area contributed by atoms with Crippen molar-refractivity contribution in [3.8, 4) is 0 Å². The van der Waals surface area contributed by atoms with Crippen molar-refractivity contribution in [2.45, 2.75) is 52.1 Å². The molecule has 0 saturated carbocycles. The predicted molar refractivity (Wildman–Crippen MR) is 95.2 cm³/mol. The molecule has 3 N–H and O–H groups in total. The van der Waals surface area contributed by atoms with E-state index in [9.17, 15) is 22.8 Å². The molecule has 0 bridgehead atoms. The molecule has 0 radical (unpaired) electrons. The van der Waals surface area contributed by atoms with Crippen molar-refractivity contribution in [3.63, 3.8) is 0 Å². The standard InChI is InChI=1S/C17H26F3N3O5/c1-5-26-15(24)12-11(6-7-21-12)23-10(9-27-14(20)13(18)19)8-22-16(25)28-17(2,3)4/h6-7,10,13-14,21,23H,5,8-9H2,1-4H3,(H,22,25). The van der Waals surface area contributed by atoms with E-state index in [0.29, 0.717) is 0 Å². The van der Waals surface area contributed by atoms with Gasteiger partial charge in [-0.3, -0.25) is 0 Å². The Morgan fingerprint density at radius 3 is 2.50 bits per heavy atom. The zero-order valence-electron chi connectivity index (χ0n) is 16.2. The van der Waals surface area contributed by atoms with Crippen molar-refractivity contribution in [2.75, 3.05) is 25.1 Å². The molecule has 0 aromatic carbocycles. The highest BCUT2D eigenvalue weighted by molar-refractivity contribution is 5.93. The second kappa shape index (κ2) is 10.8. The summed E-state index contributed by atoms with van der Waals surface area (Å²) in [6.45, 7) is 6.17. The molecule has 28 heavy (non-hydrogen) atoms. The van der Waals surface area contributed by atoms with Crippen molar-refractivity contribution in [1.29, 1.82) is 0 Å². The fraction of sp³-hybridized carbons (Fsp3) is 0.647. The maximum Gasteiger partial charge on any atom is 0.407 e. The van der Waals surface area contributed by atoms with Gasteiger partial charge >= 0.3 is 12.1 Å². The molecule has 0 aliphatic carbocycles. The Bertz CT molecular complexity index is 634. The topological polar surface area (TPSA) is 102 Å². The SMILES string of the molecule is CCOC(=O)c1[nH]ccc1NC(CNC(=O)OC(C)(C)C)COC(F)C(F)F. The second-order valence-electron chi connectivity index (χ2n) is 6.73. The number of aromatic nitrogens is 1. The number of nitrogens with one attached hydrogen (secondary N) is 3. The zero-order valence-corrected chi connectivity index (χ0v) is 16.2. The van der Waals surface area contributed by atoms with Crippen LogP contribution in [0.3, 0.4) is 0 Å². The number of ether oxygens (including phenoxy) is 3. The number of esters is 1. The average Bonchev–Trinajstić information content (AvgIpc) is 3.03. The minimum Gasteiger partial charge on any atom is -0.461 e. The summed E-state index contributed by atoms with van der Waals surface area (Å²) in [6, 6.07) is 0.667. The first-order valence-corrected chi connectivity index (χ1v) is 8.65. The number of amides is 1. The van der Waals surface area contributed by atoms with Gasteiger partial charge in [0.2, 0.25) is 0 Å². The van der Waals surface area contributed by atoms with Gasteiger partial charge in [-0.05, 0) is 33.8 Å². The van der Waals surface area contributed by atoms with E-state index in [2.05, 4.69) is 20.4 Å². The fourth-order valence-corrected chi connectivity index (χ4v) is 2.03. The molecule has 8 nitrogen and oxygen atoms in total. The van der Waals surface area contributed by atoms with Gasteiger partial charge < -0.3 is 29.8 Å². The third-order valence-electron chi connectivity index (χ3n) is 3.13. The second-order valence-corrected chi connectivity index (χ2v) is 6.73. The lowest BCUT2D eigenvalue weighted by molar-refractivity contribution is -0.129. The number of halogens is 3. The van der Waals surface area contributed by atoms with Crippen LogP contribution in [0.1, 0.15) is 38.2 Å². The molecule has 1 aromatic heterocycles. The molecule has 160 valence electrons. The molecule has 2 unspecified atom stereocenters. The molecule has 0 saturated heterocycles. The van der Waals surface area contributed by atoms with Crippen LogP contribution in [0.25, 0.3) is 0 Å². The van der Waals surface area contributed by atoms with Crippen LogP contribution < -0.4 is 10.6 Å². The highest BCUT2D eigenvalue weighted by Crippen LogP contribution is 2.17. The maximum absolute atomic E-state index is 13.1. The minimum absolute atomic E-state index is 0.0924. The first-order valence-electron chi connectivity index (χ1n) is 8.65. The van der Waals surface area contributed by atoms with Crippen molar-refractivity contribution in [1.82, 2.24) is 10.3 Å². The number of carbonyl (C=O) groups is 2. The Morgan fingerprint density at radius 2 is 1.93 bits per heavy atom. The predicted octanol–water partition coefficient (Wildman–Crippen LogP) is 3.07. The van der Waals surface area contributed by atoms with Crippen LogP contribution in [-0.4, -0.2) is 61.2 Å². The van der Waals surface area contributed by atoms with Crippen molar-refractivity contribution in [3.05, 3.63) is 18.0 Å². The summed E-state index contributed by atoms with van der Waals surface area (Å²) in [7, 11) is 0. The van der Waals surface area contributed by atoms with E-state index < -0.39 is 43.1 Å². The van der Waals surface area contributed by atoms with Crippen molar-refractivity contribution < 1.29 is 37.0 Å². The molecule has 11 heteroatoms. The van der Waals surface area contributed by atoms with E-state index in [1.165, 1.54) is 12.3 Å². The zero-order chi connectivity index (χ0) is 21.3. The first kappa shape index (κ1) is 23.6. The molecule has 0 aliphatic heterocycles. The molecule has 1 aromatic rings. The monoisotopic (exact) mass is 409 g/mol. The van der Waals surface area contributed by atoms with Gasteiger partial charge in [-0.1, -0.05) is 0 Å². The van der Waals surface area contributed by atoms with Gasteiger partial charge in [0.25, 0.3) is 12.8 Å². The molecule has 1 amide bonds. The summed E-state index contributed by atoms with van der Waals surface area (Å²) in [5, 5.41) is 5.28. The van der Waals surface area contributed by atoms with Crippen LogP contribution >= 0.6 is 0 Å². The number of hydrogen-bond donors (Lipinski definition) is 3. The highest BCUT2D eigenvalue weighted by atomic mass is 19.3. The fourth-order valence-electron chi connectivity index (χ4n) is 2.03. The van der Waals surface area contributed by atoms with Crippen LogP contribution in [-0.2, 0) is 14.2 Å². The number of alkyl carbamates (subject to hydrolysis) is 1. The number of alkyl halides is 3. The lowest BCUT2D eigenvalue weighted by atomic mass is 10.2. The van der Waals surface area contributed by atoms with E-state index in [4.69, 9.17) is 9.47 Å². The summed E-state index contributed by atoms with van der Waals surface area (Å²) in [4.78, 5) is 26.4. The largest absolute Gasteiger partial charge is 0.461 e. The van der Waals surface area contributed by atoms with Crippen molar-refractivity contribution in [2.24, 2.45) is 0 Å². The van der Waals surface area contributed by atoms with E-state index >= 15 is 0 Å². The maximum atomic E-state index is 13.1. The Balaban J connectivity index is 2.79. The minimum atomic E-state index is -3.30. The van der Waals surface area contributed by atoms with Gasteiger partial charge in [-0.2, -0.15) is 0 Å². The molecule has 0 spiro atoms. The van der Waals surface area contributed by atoms with Crippen LogP contribution in [0.15, 0.2) is 12.3 Å². The van der Waals surface area contributed by atoms with Gasteiger partial charge in [0.05, 0.1) is 24.9 Å². The van der Waals surface area contributed by atoms with Gasteiger partial charge in [0.1, 0.15) is 11.3 Å². The van der Waals surface area contributed by atoms with Crippen LogP contribution in [0, 0.1) is 0 Å². The third kappa shape index (κ3) is 8.51. The lowest BCUT2D eigenvalue weighted by Gasteiger charge is -2.23. The number of rotatable bonds is 10. The summed E-state index contributed by atoms with van der Waals surface area (Å²) in [5.41, 5.74) is -0.360. The summed E-state index contributed by atoms with van der Waals surface area (Å²) < 4.78 is 52.3. The number of hydrogen-bond acceptors (Lipinski definition) is 6. The molecule has 0 fully saturated rings. The van der Waals surface area contributed by atoms with Crippen molar-refractivity contribution >= 4 is 17.7 Å². The first-order chi connectivity index (χ1) is 13.0. The van der Waals surface area contributed by atoms with E-state index in [1.807, 2.05) is 0 Å². The molecular weight excluding hydrogens is 383 g/mol. The Kier molecular flexibility index (Phi) is 9.10.